The van der Waals surface area contributed by atoms with Crippen LogP contribution in [-0.4, -0.2) is 43.6 Å². The maximum Gasteiger partial charge on any atom is 0.243 e. The van der Waals surface area contributed by atoms with Crippen molar-refractivity contribution in [2.45, 2.75) is 0 Å². The van der Waals surface area contributed by atoms with Gasteiger partial charge in [-0.2, -0.15) is 0 Å². The summed E-state index contributed by atoms with van der Waals surface area (Å²) in [6.45, 7) is 2.64. The summed E-state index contributed by atoms with van der Waals surface area (Å²) >= 11 is 0. The highest BCUT2D eigenvalue weighted by molar-refractivity contribution is 5.92. The zero-order valence-electron chi connectivity index (χ0n) is 8.62. The van der Waals surface area contributed by atoms with Crippen LogP contribution in [0.4, 0.5) is 0 Å². The Labute approximate surface area is 92.3 Å². The Balaban J connectivity index is 3.64. The molecule has 0 bridgehead atoms. The average Bonchev–Trinajstić information content (AvgIpc) is 2.30. The summed E-state index contributed by atoms with van der Waals surface area (Å²) in [5.41, 5.74) is 0. The van der Waals surface area contributed by atoms with Crippen molar-refractivity contribution in [1.29, 1.82) is 0 Å². The molecular formula is C9H13N3O4. The molecule has 0 spiro atoms. The van der Waals surface area contributed by atoms with Gasteiger partial charge in [0.2, 0.25) is 17.7 Å². The van der Waals surface area contributed by atoms with Crippen LogP contribution >= 0.6 is 0 Å². The van der Waals surface area contributed by atoms with Crippen molar-refractivity contribution in [3.8, 4) is 0 Å². The van der Waals surface area contributed by atoms with Crippen LogP contribution in [0.1, 0.15) is 0 Å². The summed E-state index contributed by atoms with van der Waals surface area (Å²) in [6.07, 6.45) is 1.56. The average molecular weight is 227 g/mol. The zero-order chi connectivity index (χ0) is 12.4. The van der Waals surface area contributed by atoms with Gasteiger partial charge in [-0.1, -0.05) is 6.58 Å². The van der Waals surface area contributed by atoms with E-state index in [9.17, 15) is 19.2 Å². The highest BCUT2D eigenvalue weighted by atomic mass is 16.2. The minimum Gasteiger partial charge on any atom is -0.348 e. The first-order valence-corrected chi connectivity index (χ1v) is 4.47. The van der Waals surface area contributed by atoms with Crippen LogP contribution in [0.2, 0.25) is 0 Å². The van der Waals surface area contributed by atoms with E-state index in [0.717, 1.165) is 6.08 Å². The van der Waals surface area contributed by atoms with Gasteiger partial charge in [0, 0.05) is 0 Å². The van der Waals surface area contributed by atoms with Gasteiger partial charge in [-0.25, -0.2) is 0 Å². The quantitative estimate of drug-likeness (QED) is 0.336. The van der Waals surface area contributed by atoms with Crippen LogP contribution in [0, 0.1) is 0 Å². The van der Waals surface area contributed by atoms with E-state index in [4.69, 9.17) is 0 Å². The molecule has 0 aliphatic rings. The lowest BCUT2D eigenvalue weighted by molar-refractivity contribution is -0.127. The summed E-state index contributed by atoms with van der Waals surface area (Å²) in [5, 5.41) is 6.74. The van der Waals surface area contributed by atoms with Gasteiger partial charge in [0.25, 0.3) is 0 Å². The Morgan fingerprint density at radius 3 is 2.12 bits per heavy atom. The molecule has 0 aliphatic heterocycles. The number of carbonyl (C=O) groups is 4. The molecule has 7 heteroatoms. The van der Waals surface area contributed by atoms with Crippen LogP contribution in [-0.2, 0) is 19.2 Å². The normalized spacial score (nSPS) is 8.75. The van der Waals surface area contributed by atoms with E-state index in [0.29, 0.717) is 6.29 Å². The van der Waals surface area contributed by atoms with E-state index in [1.165, 1.54) is 0 Å². The minimum atomic E-state index is -0.503. The van der Waals surface area contributed by atoms with Gasteiger partial charge in [0.1, 0.15) is 6.29 Å². The Hall–Kier alpha value is -2.18. The third-order valence-electron chi connectivity index (χ3n) is 1.44. The zero-order valence-corrected chi connectivity index (χ0v) is 8.62. The van der Waals surface area contributed by atoms with Crippen molar-refractivity contribution in [1.82, 2.24) is 16.0 Å². The van der Waals surface area contributed by atoms with Gasteiger partial charge < -0.3 is 20.7 Å². The Morgan fingerprint density at radius 1 is 1.00 bits per heavy atom. The summed E-state index contributed by atoms with van der Waals surface area (Å²) in [7, 11) is 0. The molecule has 3 amide bonds. The highest BCUT2D eigenvalue weighted by Crippen LogP contribution is 1.69. The first-order chi connectivity index (χ1) is 7.60. The molecule has 0 radical (unpaired) electrons. The summed E-state index contributed by atoms with van der Waals surface area (Å²) in [5.74, 6) is -1.45. The second-order valence-electron chi connectivity index (χ2n) is 2.67. The van der Waals surface area contributed by atoms with Crippen molar-refractivity contribution in [3.63, 3.8) is 0 Å². The minimum absolute atomic E-state index is 0.0953. The standard InChI is InChI=1S/C9H13N3O4/c1-2-7(14)11-6-9(16)12-5-8(15)10-3-4-13/h2,4H,1,3,5-6H2,(H,10,15)(H,11,14)(H,12,16). The fourth-order valence-corrected chi connectivity index (χ4v) is 0.699. The smallest absolute Gasteiger partial charge is 0.243 e. The van der Waals surface area contributed by atoms with Gasteiger partial charge in [-0.3, -0.25) is 14.4 Å². The van der Waals surface area contributed by atoms with Crippen LogP contribution in [0.25, 0.3) is 0 Å². The molecule has 7 nitrogen and oxygen atoms in total. The lowest BCUT2D eigenvalue weighted by Crippen LogP contribution is -2.42. The number of aldehydes is 1. The third kappa shape index (κ3) is 7.25. The van der Waals surface area contributed by atoms with Crippen molar-refractivity contribution >= 4 is 24.0 Å². The monoisotopic (exact) mass is 227 g/mol. The molecule has 3 N–H and O–H groups in total. The van der Waals surface area contributed by atoms with E-state index in [1.807, 2.05) is 0 Å². The Kier molecular flexibility index (Phi) is 7.04. The summed E-state index contributed by atoms with van der Waals surface area (Å²) in [6, 6.07) is 0. The highest BCUT2D eigenvalue weighted by Gasteiger charge is 2.05. The molecule has 0 atom stereocenters. The van der Waals surface area contributed by atoms with Crippen molar-refractivity contribution < 1.29 is 19.2 Å². The van der Waals surface area contributed by atoms with Gasteiger partial charge in [0.05, 0.1) is 19.6 Å². The molecule has 0 aromatic carbocycles. The molecule has 0 rings (SSSR count). The topological polar surface area (TPSA) is 104 Å². The van der Waals surface area contributed by atoms with Crippen LogP contribution in [0.3, 0.4) is 0 Å². The van der Waals surface area contributed by atoms with Crippen LogP contribution in [0.15, 0.2) is 12.7 Å². The number of amides is 3. The number of hydrogen-bond acceptors (Lipinski definition) is 4. The maximum absolute atomic E-state index is 11.0. The molecule has 0 fully saturated rings. The van der Waals surface area contributed by atoms with E-state index in [1.54, 1.807) is 0 Å². The number of rotatable bonds is 7. The van der Waals surface area contributed by atoms with E-state index in [-0.39, 0.29) is 19.6 Å². The van der Waals surface area contributed by atoms with Crippen molar-refractivity contribution in [3.05, 3.63) is 12.7 Å². The van der Waals surface area contributed by atoms with Crippen LogP contribution in [0.5, 0.6) is 0 Å². The fourth-order valence-electron chi connectivity index (χ4n) is 0.699. The lowest BCUT2D eigenvalue weighted by atomic mass is 10.5. The van der Waals surface area contributed by atoms with Crippen LogP contribution < -0.4 is 16.0 Å². The predicted octanol–water partition coefficient (Wildman–Crippen LogP) is -2.28. The first kappa shape index (κ1) is 13.8. The summed E-state index contributed by atoms with van der Waals surface area (Å²) in [4.78, 5) is 42.5. The largest absolute Gasteiger partial charge is 0.348 e. The van der Waals surface area contributed by atoms with E-state index >= 15 is 0 Å². The third-order valence-corrected chi connectivity index (χ3v) is 1.44. The van der Waals surface area contributed by atoms with E-state index < -0.39 is 17.7 Å². The molecule has 16 heavy (non-hydrogen) atoms. The predicted molar refractivity (Wildman–Crippen MR) is 55.3 cm³/mol. The second-order valence-corrected chi connectivity index (χ2v) is 2.67. The molecule has 0 heterocycles. The Morgan fingerprint density at radius 2 is 1.56 bits per heavy atom. The van der Waals surface area contributed by atoms with Gasteiger partial charge in [-0.05, 0) is 6.08 Å². The number of nitrogens with one attached hydrogen (secondary N) is 3. The molecule has 0 aromatic heterocycles. The van der Waals surface area contributed by atoms with Gasteiger partial charge in [-0.15, -0.1) is 0 Å². The van der Waals surface area contributed by atoms with Gasteiger partial charge in [0.15, 0.2) is 0 Å². The number of carbonyl (C=O) groups excluding carboxylic acids is 4. The fraction of sp³-hybridized carbons (Fsp3) is 0.333. The van der Waals surface area contributed by atoms with Crippen molar-refractivity contribution in [2.75, 3.05) is 19.6 Å². The molecule has 0 saturated heterocycles. The molecule has 0 aliphatic carbocycles. The van der Waals surface area contributed by atoms with E-state index in [2.05, 4.69) is 22.5 Å². The van der Waals surface area contributed by atoms with Crippen molar-refractivity contribution in [2.24, 2.45) is 0 Å². The molecule has 88 valence electrons. The molecule has 0 unspecified atom stereocenters. The number of hydrogen-bond donors (Lipinski definition) is 3. The maximum atomic E-state index is 11.0. The molecule has 0 aromatic rings. The lowest BCUT2D eigenvalue weighted by Gasteiger charge is -2.05. The first-order valence-electron chi connectivity index (χ1n) is 4.47. The molecular weight excluding hydrogens is 214 g/mol. The molecule has 0 saturated carbocycles. The SMILES string of the molecule is C=CC(=O)NCC(=O)NCC(=O)NCC=O. The summed E-state index contributed by atoms with van der Waals surface area (Å²) < 4.78 is 0. The van der Waals surface area contributed by atoms with Gasteiger partial charge >= 0.3 is 0 Å². The Bertz CT molecular complexity index is 301. The second kappa shape index (κ2) is 8.16.